The Kier molecular flexibility index (Phi) is 6.44. The summed E-state index contributed by atoms with van der Waals surface area (Å²) in [5, 5.41) is 6.29. The molecule has 28 heavy (non-hydrogen) atoms. The third kappa shape index (κ3) is 4.40. The van der Waals surface area contributed by atoms with Gasteiger partial charge < -0.3 is 15.4 Å². The average Bonchev–Trinajstić information content (AvgIpc) is 3.20. The molecule has 0 fully saturated rings. The number of carbonyl (C=O) groups excluding carboxylic acids is 2. The zero-order valence-corrected chi connectivity index (χ0v) is 18.4. The molecule has 1 aromatic heterocycles. The minimum atomic E-state index is -1.85. The van der Waals surface area contributed by atoms with Gasteiger partial charge in [0.1, 0.15) is 11.2 Å². The number of thiophene rings is 1. The van der Waals surface area contributed by atoms with E-state index in [-0.39, 0.29) is 5.91 Å². The van der Waals surface area contributed by atoms with E-state index in [0.717, 1.165) is 35.3 Å². The molecule has 1 aliphatic rings. The highest BCUT2D eigenvalue weighted by atomic mass is 35.6. The first-order chi connectivity index (χ1) is 13.2. The number of hydrogen-bond donors (Lipinski definition) is 2. The van der Waals surface area contributed by atoms with Gasteiger partial charge >= 0.3 is 5.97 Å². The Morgan fingerprint density at radius 2 is 1.93 bits per heavy atom. The van der Waals surface area contributed by atoms with Gasteiger partial charge in [-0.2, -0.15) is 0 Å². The van der Waals surface area contributed by atoms with Crippen molar-refractivity contribution >= 4 is 63.0 Å². The molecule has 0 saturated carbocycles. The van der Waals surface area contributed by atoms with Crippen LogP contribution in [0.1, 0.15) is 43.1 Å². The van der Waals surface area contributed by atoms with Crippen LogP contribution in [0.3, 0.4) is 0 Å². The molecule has 2 aromatic rings. The summed E-state index contributed by atoms with van der Waals surface area (Å²) in [6, 6.07) is 7.12. The van der Waals surface area contributed by atoms with E-state index in [1.807, 2.05) is 19.1 Å². The number of halogens is 3. The van der Waals surface area contributed by atoms with Crippen LogP contribution in [0, 0.1) is 6.92 Å². The summed E-state index contributed by atoms with van der Waals surface area (Å²) in [5.74, 6) is -0.833. The van der Waals surface area contributed by atoms with Crippen LogP contribution in [0.15, 0.2) is 24.3 Å². The van der Waals surface area contributed by atoms with Gasteiger partial charge in [-0.15, -0.1) is 11.3 Å². The van der Waals surface area contributed by atoms with Crippen molar-refractivity contribution in [1.82, 2.24) is 5.32 Å². The van der Waals surface area contributed by atoms with Crippen LogP contribution >= 0.6 is 46.1 Å². The standard InChI is InChI=1S/C19H19Cl3N2O3S/c1-10-6-3-4-7-11(10)15(25)23-18(19(20,21)22)24-16-14(17(26)27-2)12-8-5-9-13(12)28-16/h3-4,6-7,18,24H,5,8-9H2,1-2H3,(H,23,25)/t18-/m0/s1. The molecule has 0 unspecified atom stereocenters. The molecule has 3 rings (SSSR count). The molecule has 0 aliphatic heterocycles. The summed E-state index contributed by atoms with van der Waals surface area (Å²) in [6.07, 6.45) is 1.63. The van der Waals surface area contributed by atoms with Gasteiger partial charge in [0.2, 0.25) is 3.79 Å². The third-order valence-electron chi connectivity index (χ3n) is 4.58. The second kappa shape index (κ2) is 8.49. The molecule has 2 N–H and O–H groups in total. The smallest absolute Gasteiger partial charge is 0.341 e. The number of benzene rings is 1. The monoisotopic (exact) mass is 460 g/mol. The zero-order valence-electron chi connectivity index (χ0n) is 15.3. The fraction of sp³-hybridized carbons (Fsp3) is 0.368. The maximum absolute atomic E-state index is 12.7. The van der Waals surface area contributed by atoms with Crippen LogP contribution in [-0.2, 0) is 17.6 Å². The SMILES string of the molecule is COC(=O)c1c(N[C@H](NC(=O)c2ccccc2C)C(Cl)(Cl)Cl)sc2c1CCC2. The lowest BCUT2D eigenvalue weighted by Crippen LogP contribution is -2.49. The van der Waals surface area contributed by atoms with Gasteiger partial charge in [-0.1, -0.05) is 53.0 Å². The first kappa shape index (κ1) is 21.2. The molecule has 0 bridgehead atoms. The van der Waals surface area contributed by atoms with Crippen molar-refractivity contribution in [2.75, 3.05) is 12.4 Å². The maximum atomic E-state index is 12.7. The highest BCUT2D eigenvalue weighted by Crippen LogP contribution is 2.41. The lowest BCUT2D eigenvalue weighted by atomic mass is 10.1. The van der Waals surface area contributed by atoms with Crippen LogP contribution in [0.2, 0.25) is 0 Å². The van der Waals surface area contributed by atoms with Crippen molar-refractivity contribution in [3.05, 3.63) is 51.4 Å². The van der Waals surface area contributed by atoms with Gasteiger partial charge in [-0.25, -0.2) is 4.79 Å². The second-order valence-corrected chi connectivity index (χ2v) is 9.93. The molecule has 0 spiro atoms. The van der Waals surface area contributed by atoms with Crippen LogP contribution in [-0.4, -0.2) is 28.9 Å². The third-order valence-corrected chi connectivity index (χ3v) is 6.46. The summed E-state index contributed by atoms with van der Waals surface area (Å²) >= 11 is 19.8. The number of ether oxygens (including phenoxy) is 1. The Balaban J connectivity index is 1.90. The van der Waals surface area contributed by atoms with Gasteiger partial charge in [-0.3, -0.25) is 4.79 Å². The molecule has 1 amide bonds. The highest BCUT2D eigenvalue weighted by Gasteiger charge is 2.37. The van der Waals surface area contributed by atoms with Crippen molar-refractivity contribution in [1.29, 1.82) is 0 Å². The van der Waals surface area contributed by atoms with Gasteiger partial charge in [0, 0.05) is 10.4 Å². The summed E-state index contributed by atoms with van der Waals surface area (Å²) in [5.41, 5.74) is 2.69. The van der Waals surface area contributed by atoms with Gasteiger partial charge in [0.15, 0.2) is 0 Å². The van der Waals surface area contributed by atoms with Crippen molar-refractivity contribution in [3.63, 3.8) is 0 Å². The van der Waals surface area contributed by atoms with Crippen molar-refractivity contribution < 1.29 is 14.3 Å². The Labute approximate surface area is 182 Å². The van der Waals surface area contributed by atoms with E-state index in [4.69, 9.17) is 39.5 Å². The maximum Gasteiger partial charge on any atom is 0.341 e. The summed E-state index contributed by atoms with van der Waals surface area (Å²) < 4.78 is 3.09. The average molecular weight is 462 g/mol. The Hall–Kier alpha value is -1.47. The summed E-state index contributed by atoms with van der Waals surface area (Å²) in [7, 11) is 1.33. The number of hydrogen-bond acceptors (Lipinski definition) is 5. The van der Waals surface area contributed by atoms with Crippen LogP contribution in [0.4, 0.5) is 5.00 Å². The van der Waals surface area contributed by atoms with Crippen LogP contribution < -0.4 is 10.6 Å². The number of aryl methyl sites for hydroxylation is 2. The number of methoxy groups -OCH3 is 1. The molecule has 9 heteroatoms. The van der Waals surface area contributed by atoms with E-state index >= 15 is 0 Å². The van der Waals surface area contributed by atoms with Crippen LogP contribution in [0.5, 0.6) is 0 Å². The summed E-state index contributed by atoms with van der Waals surface area (Å²) in [4.78, 5) is 26.2. The lowest BCUT2D eigenvalue weighted by molar-refractivity contribution is 0.0601. The normalized spacial score (nSPS) is 14.3. The zero-order chi connectivity index (χ0) is 20.5. The quantitative estimate of drug-likeness (QED) is 0.379. The number of carbonyl (C=O) groups is 2. The van der Waals surface area contributed by atoms with Crippen LogP contribution in [0.25, 0.3) is 0 Å². The Morgan fingerprint density at radius 1 is 1.21 bits per heavy atom. The minimum Gasteiger partial charge on any atom is -0.465 e. The fourth-order valence-electron chi connectivity index (χ4n) is 3.19. The van der Waals surface area contributed by atoms with E-state index in [2.05, 4.69) is 10.6 Å². The highest BCUT2D eigenvalue weighted by molar-refractivity contribution is 7.16. The molecule has 0 saturated heterocycles. The minimum absolute atomic E-state index is 0.384. The van der Waals surface area contributed by atoms with E-state index in [1.165, 1.54) is 18.4 Å². The number of nitrogens with one attached hydrogen (secondary N) is 2. The predicted octanol–water partition coefficient (Wildman–Crippen LogP) is 4.87. The number of alkyl halides is 3. The van der Waals surface area contributed by atoms with E-state index in [0.29, 0.717) is 16.1 Å². The molecule has 150 valence electrons. The van der Waals surface area contributed by atoms with E-state index in [1.54, 1.807) is 12.1 Å². The van der Waals surface area contributed by atoms with E-state index in [9.17, 15) is 9.59 Å². The first-order valence-electron chi connectivity index (χ1n) is 8.65. The van der Waals surface area contributed by atoms with Gasteiger partial charge in [0.25, 0.3) is 5.91 Å². The number of anilines is 1. The predicted molar refractivity (Wildman–Crippen MR) is 114 cm³/mol. The topological polar surface area (TPSA) is 67.4 Å². The molecular weight excluding hydrogens is 443 g/mol. The van der Waals surface area contributed by atoms with Crippen molar-refractivity contribution in [2.24, 2.45) is 0 Å². The number of fused-ring (bicyclic) bond motifs is 1. The van der Waals surface area contributed by atoms with Crippen molar-refractivity contribution in [3.8, 4) is 0 Å². The summed E-state index contributed by atoms with van der Waals surface area (Å²) in [6.45, 7) is 1.83. The van der Waals surface area contributed by atoms with Crippen molar-refractivity contribution in [2.45, 2.75) is 36.1 Å². The largest absolute Gasteiger partial charge is 0.465 e. The molecule has 1 aliphatic carbocycles. The fourth-order valence-corrected chi connectivity index (χ4v) is 4.82. The van der Waals surface area contributed by atoms with E-state index < -0.39 is 15.9 Å². The Bertz CT molecular complexity index is 908. The number of rotatable bonds is 5. The molecule has 5 nitrogen and oxygen atoms in total. The molecule has 1 aromatic carbocycles. The lowest BCUT2D eigenvalue weighted by Gasteiger charge is -2.27. The van der Waals surface area contributed by atoms with Gasteiger partial charge in [0.05, 0.1) is 12.7 Å². The molecule has 1 atom stereocenters. The number of amides is 1. The molecular formula is C19H19Cl3N2O3S. The Morgan fingerprint density at radius 3 is 2.57 bits per heavy atom. The first-order valence-corrected chi connectivity index (χ1v) is 10.6. The second-order valence-electron chi connectivity index (χ2n) is 6.46. The number of esters is 1. The molecule has 1 heterocycles. The molecule has 0 radical (unpaired) electrons. The van der Waals surface area contributed by atoms with Gasteiger partial charge in [-0.05, 0) is 43.4 Å².